The van der Waals surface area contributed by atoms with E-state index in [2.05, 4.69) is 16.4 Å². The van der Waals surface area contributed by atoms with Crippen LogP contribution in [-0.2, 0) is 16.1 Å². The van der Waals surface area contributed by atoms with Gasteiger partial charge in [0, 0.05) is 12.8 Å². The molecular weight excluding hydrogens is 296 g/mol. The average Bonchev–Trinajstić information content (AvgIpc) is 3.07. The Hall–Kier alpha value is -1.72. The fourth-order valence-electron chi connectivity index (χ4n) is 2.68. The zero-order chi connectivity index (χ0) is 15.2. The Morgan fingerprint density at radius 1 is 1.41 bits per heavy atom. The minimum atomic E-state index is 0.0582. The summed E-state index contributed by atoms with van der Waals surface area (Å²) in [6.45, 7) is 1.36. The lowest BCUT2D eigenvalue weighted by Gasteiger charge is -2.27. The molecule has 0 radical (unpaired) electrons. The normalized spacial score (nSPS) is 18.1. The highest BCUT2D eigenvalue weighted by atomic mass is 32.1. The molecule has 0 N–H and O–H groups in total. The molecule has 5 heteroatoms. The molecule has 1 saturated heterocycles. The molecule has 0 bridgehead atoms. The number of anilines is 1. The molecule has 1 fully saturated rings. The SMILES string of the molecule is O=C(C[C@H]1CCCCO1)N(Cc1ccsc1)c1cccnc1. The van der Waals surface area contributed by atoms with E-state index in [1.54, 1.807) is 23.7 Å². The first-order valence-corrected chi connectivity index (χ1v) is 8.60. The van der Waals surface area contributed by atoms with E-state index < -0.39 is 0 Å². The zero-order valence-electron chi connectivity index (χ0n) is 12.5. The Kier molecular flexibility index (Phi) is 5.19. The molecule has 2 aromatic heterocycles. The summed E-state index contributed by atoms with van der Waals surface area (Å²) >= 11 is 1.65. The minimum absolute atomic E-state index is 0.0582. The third-order valence-corrected chi connectivity index (χ3v) is 4.59. The van der Waals surface area contributed by atoms with E-state index in [4.69, 9.17) is 4.74 Å². The van der Waals surface area contributed by atoms with Gasteiger partial charge in [-0.25, -0.2) is 0 Å². The van der Waals surface area contributed by atoms with Gasteiger partial charge >= 0.3 is 0 Å². The minimum Gasteiger partial charge on any atom is -0.378 e. The van der Waals surface area contributed by atoms with Crippen LogP contribution in [0.3, 0.4) is 0 Å². The number of pyridine rings is 1. The maximum atomic E-state index is 12.8. The van der Waals surface area contributed by atoms with Crippen molar-refractivity contribution in [3.63, 3.8) is 0 Å². The van der Waals surface area contributed by atoms with Gasteiger partial charge in [0.05, 0.1) is 31.0 Å². The van der Waals surface area contributed by atoms with Gasteiger partial charge in [-0.05, 0) is 53.8 Å². The van der Waals surface area contributed by atoms with Crippen molar-refractivity contribution in [1.29, 1.82) is 0 Å². The molecule has 4 nitrogen and oxygen atoms in total. The number of nitrogens with zero attached hydrogens (tertiary/aromatic N) is 2. The van der Waals surface area contributed by atoms with E-state index in [0.29, 0.717) is 13.0 Å². The number of hydrogen-bond acceptors (Lipinski definition) is 4. The summed E-state index contributed by atoms with van der Waals surface area (Å²) in [4.78, 5) is 18.7. The van der Waals surface area contributed by atoms with Crippen LogP contribution >= 0.6 is 11.3 Å². The predicted molar refractivity (Wildman–Crippen MR) is 88.0 cm³/mol. The van der Waals surface area contributed by atoms with Crippen molar-refractivity contribution >= 4 is 22.9 Å². The lowest BCUT2D eigenvalue weighted by Crippen LogP contribution is -2.34. The Morgan fingerprint density at radius 3 is 3.05 bits per heavy atom. The molecule has 1 aliphatic heterocycles. The monoisotopic (exact) mass is 316 g/mol. The van der Waals surface area contributed by atoms with Crippen LogP contribution in [0, 0.1) is 0 Å². The van der Waals surface area contributed by atoms with Gasteiger partial charge in [-0.2, -0.15) is 11.3 Å². The second-order valence-corrected chi connectivity index (χ2v) is 6.30. The van der Waals surface area contributed by atoms with Gasteiger partial charge < -0.3 is 9.64 Å². The quantitative estimate of drug-likeness (QED) is 0.846. The molecule has 0 saturated carbocycles. The number of rotatable bonds is 5. The molecule has 0 unspecified atom stereocenters. The average molecular weight is 316 g/mol. The van der Waals surface area contributed by atoms with Crippen molar-refractivity contribution in [3.05, 3.63) is 46.9 Å². The smallest absolute Gasteiger partial charge is 0.229 e. The third kappa shape index (κ3) is 3.93. The summed E-state index contributed by atoms with van der Waals surface area (Å²) in [5.74, 6) is 0.103. The standard InChI is InChI=1S/C17H20N2O2S/c20-17(10-16-5-1-2-8-21-16)19(12-14-6-9-22-13-14)15-4-3-7-18-11-15/h3-4,6-7,9,11,13,16H,1-2,5,8,10,12H2/t16-/m1/s1. The van der Waals surface area contributed by atoms with E-state index in [1.807, 2.05) is 22.4 Å². The van der Waals surface area contributed by atoms with Crippen molar-refractivity contribution < 1.29 is 9.53 Å². The van der Waals surface area contributed by atoms with Crippen LogP contribution in [-0.4, -0.2) is 23.6 Å². The van der Waals surface area contributed by atoms with Crippen LogP contribution in [0.15, 0.2) is 41.4 Å². The predicted octanol–water partition coefficient (Wildman–Crippen LogP) is 3.64. The zero-order valence-corrected chi connectivity index (χ0v) is 13.3. The van der Waals surface area contributed by atoms with Crippen LogP contribution in [0.25, 0.3) is 0 Å². The number of aromatic nitrogens is 1. The number of carbonyl (C=O) groups is 1. The number of thiophene rings is 1. The van der Waals surface area contributed by atoms with Gasteiger partial charge in [0.25, 0.3) is 0 Å². The van der Waals surface area contributed by atoms with Crippen LogP contribution < -0.4 is 4.90 Å². The van der Waals surface area contributed by atoms with E-state index in [0.717, 1.165) is 37.1 Å². The molecule has 1 aliphatic rings. The second kappa shape index (κ2) is 7.51. The highest BCUT2D eigenvalue weighted by Crippen LogP contribution is 2.22. The lowest BCUT2D eigenvalue weighted by molar-refractivity contribution is -0.122. The van der Waals surface area contributed by atoms with Crippen LogP contribution in [0.2, 0.25) is 0 Å². The molecule has 3 heterocycles. The highest BCUT2D eigenvalue weighted by Gasteiger charge is 2.23. The van der Waals surface area contributed by atoms with Gasteiger partial charge in [-0.3, -0.25) is 9.78 Å². The molecule has 3 rings (SSSR count). The Bertz CT molecular complexity index is 580. The molecule has 0 spiro atoms. The summed E-state index contributed by atoms with van der Waals surface area (Å²) in [6, 6.07) is 5.85. The maximum absolute atomic E-state index is 12.8. The Labute approximate surface area is 134 Å². The van der Waals surface area contributed by atoms with Crippen molar-refractivity contribution in [1.82, 2.24) is 4.98 Å². The molecule has 22 heavy (non-hydrogen) atoms. The van der Waals surface area contributed by atoms with Gasteiger partial charge in [0.1, 0.15) is 0 Å². The molecule has 116 valence electrons. The van der Waals surface area contributed by atoms with Gasteiger partial charge in [-0.1, -0.05) is 0 Å². The Morgan fingerprint density at radius 2 is 2.36 bits per heavy atom. The number of amides is 1. The summed E-state index contributed by atoms with van der Waals surface area (Å²) in [5.41, 5.74) is 1.99. The number of ether oxygens (including phenoxy) is 1. The van der Waals surface area contributed by atoms with Gasteiger partial charge in [0.15, 0.2) is 0 Å². The summed E-state index contributed by atoms with van der Waals surface area (Å²) in [5, 5.41) is 4.11. The number of carbonyl (C=O) groups excluding carboxylic acids is 1. The molecule has 0 aromatic carbocycles. The van der Waals surface area contributed by atoms with E-state index in [1.165, 1.54) is 0 Å². The Balaban J connectivity index is 1.73. The molecule has 1 atom stereocenters. The largest absolute Gasteiger partial charge is 0.378 e. The van der Waals surface area contributed by atoms with Gasteiger partial charge in [0.2, 0.25) is 5.91 Å². The van der Waals surface area contributed by atoms with Crippen molar-refractivity contribution in [3.8, 4) is 0 Å². The molecule has 2 aromatic rings. The third-order valence-electron chi connectivity index (χ3n) is 3.86. The fraction of sp³-hybridized carbons (Fsp3) is 0.412. The number of hydrogen-bond donors (Lipinski definition) is 0. The lowest BCUT2D eigenvalue weighted by atomic mass is 10.1. The summed E-state index contributed by atoms with van der Waals surface area (Å²) < 4.78 is 5.71. The maximum Gasteiger partial charge on any atom is 0.229 e. The van der Waals surface area contributed by atoms with Crippen LogP contribution in [0.4, 0.5) is 5.69 Å². The van der Waals surface area contributed by atoms with Crippen molar-refractivity contribution in [2.24, 2.45) is 0 Å². The van der Waals surface area contributed by atoms with Crippen molar-refractivity contribution in [2.45, 2.75) is 38.3 Å². The second-order valence-electron chi connectivity index (χ2n) is 5.52. The van der Waals surface area contributed by atoms with E-state index in [-0.39, 0.29) is 12.0 Å². The molecule has 1 amide bonds. The molecule has 0 aliphatic carbocycles. The van der Waals surface area contributed by atoms with E-state index >= 15 is 0 Å². The fourth-order valence-corrected chi connectivity index (χ4v) is 3.34. The molecular formula is C17H20N2O2S. The summed E-state index contributed by atoms with van der Waals surface area (Å²) in [7, 11) is 0. The van der Waals surface area contributed by atoms with E-state index in [9.17, 15) is 4.79 Å². The van der Waals surface area contributed by atoms with Crippen molar-refractivity contribution in [2.75, 3.05) is 11.5 Å². The first-order valence-electron chi connectivity index (χ1n) is 7.66. The highest BCUT2D eigenvalue weighted by molar-refractivity contribution is 7.07. The summed E-state index contributed by atoms with van der Waals surface area (Å²) in [6.07, 6.45) is 7.20. The van der Waals surface area contributed by atoms with Crippen LogP contribution in [0.1, 0.15) is 31.2 Å². The topological polar surface area (TPSA) is 42.4 Å². The first kappa shape index (κ1) is 15.2. The van der Waals surface area contributed by atoms with Gasteiger partial charge in [-0.15, -0.1) is 0 Å². The van der Waals surface area contributed by atoms with Crippen LogP contribution in [0.5, 0.6) is 0 Å². The first-order chi connectivity index (χ1) is 10.8.